The Labute approximate surface area is 274 Å². The number of aromatic nitrogens is 7. The Kier molecular flexibility index (Phi) is 10.9. The Hall–Kier alpha value is -4.58. The molecule has 0 amide bonds. The summed E-state index contributed by atoms with van der Waals surface area (Å²) in [5.41, 5.74) is 2.79. The number of hydrogen-bond acceptors (Lipinski definition) is 12. The van der Waals surface area contributed by atoms with E-state index in [1.807, 2.05) is 29.9 Å². The maximum Gasteiger partial charge on any atom is 0.256 e. The van der Waals surface area contributed by atoms with Crippen molar-refractivity contribution in [2.24, 2.45) is 0 Å². The van der Waals surface area contributed by atoms with Crippen molar-refractivity contribution in [3.8, 4) is 28.8 Å². The number of methoxy groups -OCH3 is 1. The normalized spacial score (nSPS) is 19.2. The van der Waals surface area contributed by atoms with Crippen LogP contribution >= 0.6 is 0 Å². The average Bonchev–Trinajstić information content (AvgIpc) is 3.77. The quantitative estimate of drug-likeness (QED) is 0.196. The van der Waals surface area contributed by atoms with E-state index in [2.05, 4.69) is 36.3 Å². The number of ether oxygens (including phenoxy) is 4. The van der Waals surface area contributed by atoms with Crippen LogP contribution in [-0.4, -0.2) is 98.2 Å². The largest absolute Gasteiger partial charge is 0.487 e. The molecule has 3 aromatic heterocycles. The first kappa shape index (κ1) is 32.4. The van der Waals surface area contributed by atoms with E-state index in [1.165, 1.54) is 6.33 Å². The van der Waals surface area contributed by atoms with Gasteiger partial charge in [0.1, 0.15) is 36.3 Å². The average molecular weight is 643 g/mol. The fraction of sp³-hybridized carbons (Fsp3) is 0.515. The summed E-state index contributed by atoms with van der Waals surface area (Å²) in [5.74, 6) is 1.44. The van der Waals surface area contributed by atoms with Crippen molar-refractivity contribution in [3.63, 3.8) is 0 Å². The summed E-state index contributed by atoms with van der Waals surface area (Å²) in [6, 6.07) is 8.58. The van der Waals surface area contributed by atoms with Crippen molar-refractivity contribution in [1.82, 2.24) is 39.4 Å². The van der Waals surface area contributed by atoms with Crippen LogP contribution in [0.4, 0.5) is 11.6 Å². The first-order valence-electron chi connectivity index (χ1n) is 16.2. The lowest BCUT2D eigenvalue weighted by molar-refractivity contribution is 0.00503. The van der Waals surface area contributed by atoms with Gasteiger partial charge in [-0.25, -0.2) is 19.6 Å². The lowest BCUT2D eigenvalue weighted by Gasteiger charge is -2.38. The first-order valence-corrected chi connectivity index (χ1v) is 16.2. The Balaban J connectivity index is 1.13. The van der Waals surface area contributed by atoms with Crippen LogP contribution in [0.15, 0.2) is 49.4 Å². The Morgan fingerprint density at radius 3 is 2.57 bits per heavy atom. The molecule has 14 nitrogen and oxygen atoms in total. The third-order valence-electron chi connectivity index (χ3n) is 8.60. The number of morpholine rings is 1. The number of nitriles is 1. The van der Waals surface area contributed by atoms with Gasteiger partial charge in [0.25, 0.3) is 5.88 Å². The Morgan fingerprint density at radius 1 is 1.06 bits per heavy atom. The molecule has 6 rings (SSSR count). The van der Waals surface area contributed by atoms with Crippen LogP contribution in [0.2, 0.25) is 0 Å². The fourth-order valence-corrected chi connectivity index (χ4v) is 6.16. The molecule has 0 radical (unpaired) electrons. The second-order valence-corrected chi connectivity index (χ2v) is 11.9. The lowest BCUT2D eigenvalue weighted by Crippen LogP contribution is -2.45. The van der Waals surface area contributed by atoms with Crippen LogP contribution in [0.3, 0.4) is 0 Å². The molecule has 0 spiro atoms. The van der Waals surface area contributed by atoms with E-state index in [-0.39, 0.29) is 6.10 Å². The van der Waals surface area contributed by atoms with Crippen LogP contribution in [-0.2, 0) is 16.0 Å². The first-order chi connectivity index (χ1) is 23.1. The van der Waals surface area contributed by atoms with Gasteiger partial charge in [0, 0.05) is 57.2 Å². The summed E-state index contributed by atoms with van der Waals surface area (Å²) >= 11 is 0. The Bertz CT molecular complexity index is 1590. The van der Waals surface area contributed by atoms with E-state index in [9.17, 15) is 5.26 Å². The molecule has 4 heterocycles. The highest BCUT2D eigenvalue weighted by molar-refractivity contribution is 5.67. The molecule has 1 aliphatic carbocycles. The molecule has 1 aromatic carbocycles. The molecular formula is C33H42N10O4. The smallest absolute Gasteiger partial charge is 0.256 e. The number of nitrogens with zero attached hydrogens (tertiary/aromatic N) is 9. The zero-order valence-corrected chi connectivity index (χ0v) is 27.0. The topological polar surface area (TPSA) is 150 Å². The maximum atomic E-state index is 9.66. The van der Waals surface area contributed by atoms with Crippen molar-refractivity contribution < 1.29 is 18.9 Å². The molecule has 1 saturated heterocycles. The van der Waals surface area contributed by atoms with Gasteiger partial charge >= 0.3 is 0 Å². The lowest BCUT2D eigenvalue weighted by atomic mass is 9.90. The van der Waals surface area contributed by atoms with Crippen molar-refractivity contribution in [2.75, 3.05) is 51.9 Å². The highest BCUT2D eigenvalue weighted by atomic mass is 16.5. The van der Waals surface area contributed by atoms with Gasteiger partial charge in [0.05, 0.1) is 44.2 Å². The van der Waals surface area contributed by atoms with Gasteiger partial charge < -0.3 is 24.3 Å². The predicted octanol–water partition coefficient (Wildman–Crippen LogP) is 4.25. The summed E-state index contributed by atoms with van der Waals surface area (Å²) in [6.07, 6.45) is 13.6. The minimum atomic E-state index is -0.228. The molecule has 4 aromatic rings. The number of anilines is 2. The van der Waals surface area contributed by atoms with E-state index in [0.29, 0.717) is 55.0 Å². The second-order valence-electron chi connectivity index (χ2n) is 11.9. The summed E-state index contributed by atoms with van der Waals surface area (Å²) < 4.78 is 26.7. The molecule has 1 atom stereocenters. The third kappa shape index (κ3) is 8.42. The van der Waals surface area contributed by atoms with E-state index >= 15 is 0 Å². The maximum absolute atomic E-state index is 9.66. The van der Waals surface area contributed by atoms with Crippen LogP contribution in [0.1, 0.15) is 50.6 Å². The van der Waals surface area contributed by atoms with Gasteiger partial charge in [-0.05, 0) is 50.3 Å². The van der Waals surface area contributed by atoms with Gasteiger partial charge in [-0.1, -0.05) is 6.07 Å². The highest BCUT2D eigenvalue weighted by Crippen LogP contribution is 2.35. The second kappa shape index (κ2) is 15.8. The van der Waals surface area contributed by atoms with Crippen molar-refractivity contribution in [2.45, 2.75) is 63.8 Å². The van der Waals surface area contributed by atoms with Crippen LogP contribution < -0.4 is 14.8 Å². The molecule has 1 saturated carbocycles. The summed E-state index contributed by atoms with van der Waals surface area (Å²) in [4.78, 5) is 15.7. The molecule has 2 aliphatic rings. The zero-order chi connectivity index (χ0) is 32.4. The number of benzene rings is 1. The predicted molar refractivity (Wildman–Crippen MR) is 173 cm³/mol. The van der Waals surface area contributed by atoms with Gasteiger partial charge in [-0.3, -0.25) is 9.58 Å². The summed E-state index contributed by atoms with van der Waals surface area (Å²) in [6.45, 7) is 7.23. The number of rotatable bonds is 14. The van der Waals surface area contributed by atoms with Gasteiger partial charge in [-0.15, -0.1) is 5.10 Å². The summed E-state index contributed by atoms with van der Waals surface area (Å²) in [7, 11) is 1.68. The van der Waals surface area contributed by atoms with Crippen LogP contribution in [0, 0.1) is 11.3 Å². The van der Waals surface area contributed by atoms with Gasteiger partial charge in [0.2, 0.25) is 5.95 Å². The molecule has 1 unspecified atom stereocenters. The molecule has 248 valence electrons. The van der Waals surface area contributed by atoms with E-state index in [4.69, 9.17) is 24.0 Å². The highest BCUT2D eigenvalue weighted by Gasteiger charge is 2.29. The molecule has 0 bridgehead atoms. The Morgan fingerprint density at radius 2 is 1.85 bits per heavy atom. The summed E-state index contributed by atoms with van der Waals surface area (Å²) in [5, 5.41) is 22.0. The van der Waals surface area contributed by atoms with Crippen molar-refractivity contribution in [3.05, 3.63) is 55.0 Å². The van der Waals surface area contributed by atoms with Crippen LogP contribution in [0.25, 0.3) is 11.1 Å². The van der Waals surface area contributed by atoms with E-state index in [1.54, 1.807) is 36.6 Å². The minimum Gasteiger partial charge on any atom is -0.487 e. The van der Waals surface area contributed by atoms with Crippen molar-refractivity contribution in [1.29, 1.82) is 5.26 Å². The van der Waals surface area contributed by atoms with E-state index in [0.717, 1.165) is 75.2 Å². The molecule has 47 heavy (non-hydrogen) atoms. The third-order valence-corrected chi connectivity index (χ3v) is 8.60. The van der Waals surface area contributed by atoms with Crippen molar-refractivity contribution >= 4 is 11.6 Å². The fourth-order valence-electron chi connectivity index (χ4n) is 6.16. The SMILES string of the molecule is COCCCOc1nn(C2CCC(N3CCOCC3)CC2)cc1Nc1ncc(-c2ccc(C#N)c(OC(C)Cn3cncn3)c2)cn1. The molecule has 2 fully saturated rings. The standard InChI is InChI=1S/C33H42N10O4/c1-24(20-42-23-35-22-38-42)47-31-16-25(4-5-26(31)17-34)27-18-36-33(37-19-27)39-30-21-43(40-32(30)46-13-3-12-44-2)29-8-6-28(7-9-29)41-10-14-45-15-11-41/h4-5,16,18-19,21-24,28-29H,3,6-15,20H2,1-2H3,(H,36,37,39). The monoisotopic (exact) mass is 642 g/mol. The molecule has 1 N–H and O–H groups in total. The molecule has 14 heteroatoms. The van der Waals surface area contributed by atoms with Gasteiger partial charge in [-0.2, -0.15) is 10.4 Å². The van der Waals surface area contributed by atoms with E-state index < -0.39 is 0 Å². The number of hydrogen-bond donors (Lipinski definition) is 1. The number of nitrogens with one attached hydrogen (secondary N) is 1. The van der Waals surface area contributed by atoms with Crippen LogP contribution in [0.5, 0.6) is 11.6 Å². The molecule has 1 aliphatic heterocycles. The van der Waals surface area contributed by atoms with Gasteiger partial charge in [0.15, 0.2) is 0 Å². The zero-order valence-electron chi connectivity index (χ0n) is 27.0. The molecular weight excluding hydrogens is 600 g/mol. The minimum absolute atomic E-state index is 0.228.